The standard InChI is InChI=1S/C16H13Cl2FN2/c1-10-2-4-11(5-3-10)9-21-15-7-13(19)12(18)6-14(15)20-16(21)8-17/h2-7H,8-9H2,1H3. The van der Waals surface area contributed by atoms with E-state index >= 15 is 0 Å². The van der Waals surface area contributed by atoms with Crippen LogP contribution in [0.25, 0.3) is 11.0 Å². The van der Waals surface area contributed by atoms with Gasteiger partial charge < -0.3 is 4.57 Å². The van der Waals surface area contributed by atoms with Crippen LogP contribution in [-0.2, 0) is 12.4 Å². The first-order valence-corrected chi connectivity index (χ1v) is 7.45. The van der Waals surface area contributed by atoms with Crippen LogP contribution in [0.3, 0.4) is 0 Å². The summed E-state index contributed by atoms with van der Waals surface area (Å²) in [5.74, 6) is 0.518. The van der Waals surface area contributed by atoms with Crippen molar-refractivity contribution in [3.05, 3.63) is 64.2 Å². The summed E-state index contributed by atoms with van der Waals surface area (Å²) in [7, 11) is 0. The Morgan fingerprint density at radius 1 is 1.19 bits per heavy atom. The number of nitrogens with zero attached hydrogens (tertiary/aromatic N) is 2. The molecule has 21 heavy (non-hydrogen) atoms. The molecule has 0 aliphatic heterocycles. The van der Waals surface area contributed by atoms with Crippen molar-refractivity contribution >= 4 is 34.2 Å². The van der Waals surface area contributed by atoms with Crippen molar-refractivity contribution in [1.82, 2.24) is 9.55 Å². The Bertz CT molecular complexity index is 794. The van der Waals surface area contributed by atoms with Gasteiger partial charge in [-0.2, -0.15) is 0 Å². The number of benzene rings is 2. The third kappa shape index (κ3) is 2.76. The van der Waals surface area contributed by atoms with E-state index in [1.807, 2.05) is 35.8 Å². The highest BCUT2D eigenvalue weighted by atomic mass is 35.5. The molecule has 0 radical (unpaired) electrons. The van der Waals surface area contributed by atoms with E-state index in [4.69, 9.17) is 23.2 Å². The van der Waals surface area contributed by atoms with E-state index < -0.39 is 5.82 Å². The van der Waals surface area contributed by atoms with Gasteiger partial charge >= 0.3 is 0 Å². The topological polar surface area (TPSA) is 17.8 Å². The lowest BCUT2D eigenvalue weighted by molar-refractivity contribution is 0.628. The lowest BCUT2D eigenvalue weighted by atomic mass is 10.1. The zero-order valence-electron chi connectivity index (χ0n) is 11.4. The van der Waals surface area contributed by atoms with Gasteiger partial charge in [0.2, 0.25) is 0 Å². The molecule has 0 aliphatic carbocycles. The highest BCUT2D eigenvalue weighted by Crippen LogP contribution is 2.25. The molecule has 0 fully saturated rings. The van der Waals surface area contributed by atoms with Crippen molar-refractivity contribution in [1.29, 1.82) is 0 Å². The van der Waals surface area contributed by atoms with Gasteiger partial charge in [0.15, 0.2) is 0 Å². The fourth-order valence-corrected chi connectivity index (χ4v) is 2.69. The lowest BCUT2D eigenvalue weighted by Gasteiger charge is -2.08. The van der Waals surface area contributed by atoms with E-state index in [1.54, 1.807) is 0 Å². The fourth-order valence-electron chi connectivity index (χ4n) is 2.32. The van der Waals surface area contributed by atoms with Crippen LogP contribution in [0.5, 0.6) is 0 Å². The molecule has 5 heteroatoms. The van der Waals surface area contributed by atoms with Gasteiger partial charge in [0.1, 0.15) is 11.6 Å². The van der Waals surface area contributed by atoms with Crippen molar-refractivity contribution in [2.75, 3.05) is 0 Å². The smallest absolute Gasteiger partial charge is 0.144 e. The van der Waals surface area contributed by atoms with Crippen LogP contribution in [0, 0.1) is 12.7 Å². The van der Waals surface area contributed by atoms with E-state index in [-0.39, 0.29) is 10.9 Å². The first kappa shape index (κ1) is 14.4. The van der Waals surface area contributed by atoms with Crippen LogP contribution >= 0.6 is 23.2 Å². The maximum absolute atomic E-state index is 13.7. The molecule has 108 valence electrons. The van der Waals surface area contributed by atoms with Crippen LogP contribution < -0.4 is 0 Å². The van der Waals surface area contributed by atoms with Crippen LogP contribution in [0.4, 0.5) is 4.39 Å². The predicted octanol–water partition coefficient (Wildman–Crippen LogP) is 4.92. The van der Waals surface area contributed by atoms with Crippen LogP contribution in [0.2, 0.25) is 5.02 Å². The molecule has 0 bridgehead atoms. The Morgan fingerprint density at radius 2 is 1.90 bits per heavy atom. The van der Waals surface area contributed by atoms with E-state index in [0.717, 1.165) is 5.56 Å². The van der Waals surface area contributed by atoms with Gasteiger partial charge in [-0.05, 0) is 18.6 Å². The molecule has 1 aromatic heterocycles. The summed E-state index contributed by atoms with van der Waals surface area (Å²) >= 11 is 11.8. The zero-order valence-corrected chi connectivity index (χ0v) is 12.9. The Kier molecular flexibility index (Phi) is 3.87. The maximum atomic E-state index is 13.7. The number of hydrogen-bond donors (Lipinski definition) is 0. The molecule has 3 rings (SSSR count). The summed E-state index contributed by atoms with van der Waals surface area (Å²) in [6.07, 6.45) is 0. The van der Waals surface area contributed by atoms with Gasteiger partial charge in [-0.3, -0.25) is 0 Å². The first-order valence-electron chi connectivity index (χ1n) is 6.54. The van der Waals surface area contributed by atoms with Gasteiger partial charge in [-0.25, -0.2) is 9.37 Å². The molecule has 0 aliphatic rings. The largest absolute Gasteiger partial charge is 0.322 e. The van der Waals surface area contributed by atoms with Crippen molar-refractivity contribution in [3.63, 3.8) is 0 Å². The van der Waals surface area contributed by atoms with Crippen LogP contribution in [0.15, 0.2) is 36.4 Å². The molecule has 0 N–H and O–H groups in total. The highest BCUT2D eigenvalue weighted by molar-refractivity contribution is 6.31. The van der Waals surface area contributed by atoms with Crippen molar-refractivity contribution in [3.8, 4) is 0 Å². The maximum Gasteiger partial charge on any atom is 0.144 e. The monoisotopic (exact) mass is 322 g/mol. The average Bonchev–Trinajstić information content (AvgIpc) is 2.79. The second kappa shape index (κ2) is 5.66. The third-order valence-corrected chi connectivity index (χ3v) is 3.98. The molecule has 2 nitrogen and oxygen atoms in total. The van der Waals surface area contributed by atoms with Crippen molar-refractivity contribution < 1.29 is 4.39 Å². The van der Waals surface area contributed by atoms with E-state index in [9.17, 15) is 4.39 Å². The predicted molar refractivity (Wildman–Crippen MR) is 84.5 cm³/mol. The molecule has 3 aromatic rings. The van der Waals surface area contributed by atoms with Crippen molar-refractivity contribution in [2.24, 2.45) is 0 Å². The molecule has 0 saturated heterocycles. The number of imidazole rings is 1. The molecule has 2 aromatic carbocycles. The second-order valence-electron chi connectivity index (χ2n) is 4.99. The normalized spacial score (nSPS) is 11.2. The summed E-state index contributed by atoms with van der Waals surface area (Å²) in [4.78, 5) is 4.43. The summed E-state index contributed by atoms with van der Waals surface area (Å²) in [5.41, 5.74) is 3.67. The van der Waals surface area contributed by atoms with Gasteiger partial charge in [-0.1, -0.05) is 41.4 Å². The van der Waals surface area contributed by atoms with Crippen LogP contribution in [-0.4, -0.2) is 9.55 Å². The Balaban J connectivity index is 2.11. The molecular formula is C16H13Cl2FN2. The minimum absolute atomic E-state index is 0.0728. The molecule has 0 saturated carbocycles. The Labute approximate surface area is 132 Å². The first-order chi connectivity index (χ1) is 10.1. The van der Waals surface area contributed by atoms with E-state index in [2.05, 4.69) is 4.98 Å². The lowest BCUT2D eigenvalue weighted by Crippen LogP contribution is -2.04. The quantitative estimate of drug-likeness (QED) is 0.625. The second-order valence-corrected chi connectivity index (χ2v) is 5.66. The number of fused-ring (bicyclic) bond motifs is 1. The SMILES string of the molecule is Cc1ccc(Cn2c(CCl)nc3cc(Cl)c(F)cc32)cc1. The molecule has 0 unspecified atom stereocenters. The van der Waals surface area contributed by atoms with Gasteiger partial charge in [0.05, 0.1) is 21.9 Å². The molecule has 0 spiro atoms. The number of alkyl halides is 1. The van der Waals surface area contributed by atoms with Gasteiger partial charge in [0, 0.05) is 12.6 Å². The summed E-state index contributed by atoms with van der Waals surface area (Å²) < 4.78 is 15.7. The van der Waals surface area contributed by atoms with Crippen molar-refractivity contribution in [2.45, 2.75) is 19.3 Å². The number of hydrogen-bond acceptors (Lipinski definition) is 1. The number of aromatic nitrogens is 2. The minimum Gasteiger partial charge on any atom is -0.322 e. The molecule has 0 amide bonds. The summed E-state index contributed by atoms with van der Waals surface area (Å²) in [6, 6.07) is 11.1. The molecule has 1 heterocycles. The van der Waals surface area contributed by atoms with Gasteiger partial charge in [-0.15, -0.1) is 11.6 Å². The molecular weight excluding hydrogens is 310 g/mol. The average molecular weight is 323 g/mol. The number of aryl methyl sites for hydroxylation is 1. The van der Waals surface area contributed by atoms with E-state index in [1.165, 1.54) is 17.7 Å². The Morgan fingerprint density at radius 3 is 2.57 bits per heavy atom. The Hall–Kier alpha value is -1.58. The van der Waals surface area contributed by atoms with Crippen LogP contribution in [0.1, 0.15) is 17.0 Å². The number of halogens is 3. The third-order valence-electron chi connectivity index (χ3n) is 3.45. The zero-order chi connectivity index (χ0) is 15.0. The number of rotatable bonds is 3. The fraction of sp³-hybridized carbons (Fsp3) is 0.188. The van der Waals surface area contributed by atoms with Gasteiger partial charge in [0.25, 0.3) is 0 Å². The summed E-state index contributed by atoms with van der Waals surface area (Å²) in [6.45, 7) is 2.64. The highest BCUT2D eigenvalue weighted by Gasteiger charge is 2.13. The van der Waals surface area contributed by atoms with E-state index in [0.29, 0.717) is 23.4 Å². The summed E-state index contributed by atoms with van der Waals surface area (Å²) in [5, 5.41) is 0.0728. The molecule has 0 atom stereocenters. The minimum atomic E-state index is -0.449.